The molecule has 1 saturated heterocycles. The van der Waals surface area contributed by atoms with Gasteiger partial charge in [0, 0.05) is 0 Å². The van der Waals surface area contributed by atoms with Crippen LogP contribution in [0.3, 0.4) is 0 Å². The molecule has 2 aliphatic rings. The van der Waals surface area contributed by atoms with Gasteiger partial charge in [0.2, 0.25) is 0 Å². The predicted octanol–water partition coefficient (Wildman–Crippen LogP) is -1.92. The quantitative estimate of drug-likeness (QED) is 0.469. The highest BCUT2D eigenvalue weighted by molar-refractivity contribution is 6.21. The number of rotatable bonds is 2. The van der Waals surface area contributed by atoms with Gasteiger partial charge >= 0.3 is 0 Å². The summed E-state index contributed by atoms with van der Waals surface area (Å²) in [7, 11) is 0. The Morgan fingerprint density at radius 3 is 2.05 bits per heavy atom. The second-order valence-corrected chi connectivity index (χ2v) is 5.25. The Morgan fingerprint density at radius 2 is 1.55 bits per heavy atom. The Bertz CT molecular complexity index is 584. The fourth-order valence-corrected chi connectivity index (χ4v) is 2.84. The number of aliphatic hydroxyl groups excluding tert-OH is 4. The van der Waals surface area contributed by atoms with Crippen LogP contribution in [0.1, 0.15) is 20.7 Å². The second kappa shape index (κ2) is 5.41. The Kier molecular flexibility index (Phi) is 3.71. The number of hydrogen-bond acceptors (Lipinski definition) is 7. The summed E-state index contributed by atoms with van der Waals surface area (Å²) >= 11 is 0. The molecule has 0 aliphatic carbocycles. The highest BCUT2D eigenvalue weighted by Crippen LogP contribution is 2.31. The van der Waals surface area contributed by atoms with Gasteiger partial charge in [-0.2, -0.15) is 0 Å². The Balaban J connectivity index is 1.95. The van der Waals surface area contributed by atoms with Crippen molar-refractivity contribution < 1.29 is 34.8 Å². The standard InChI is InChI=1S/C14H15NO7/c16-5-8-10(17)11(18)9(14(21)22-8)15-12(19)6-3-1-2-4-7(6)13(15)20/h1-4,8-11,14,16-18,21H,5H2/t8-,9-,10-,11-,14+/m1/s1. The molecule has 1 aromatic rings. The highest BCUT2D eigenvalue weighted by atomic mass is 16.6. The Hall–Kier alpha value is -1.84. The lowest BCUT2D eigenvalue weighted by Gasteiger charge is -2.42. The molecule has 118 valence electrons. The summed E-state index contributed by atoms with van der Waals surface area (Å²) in [5.41, 5.74) is 0.316. The van der Waals surface area contributed by atoms with Gasteiger partial charge in [-0.25, -0.2) is 0 Å². The smallest absolute Gasteiger partial charge is 0.262 e. The number of imide groups is 1. The molecule has 0 aromatic heterocycles. The van der Waals surface area contributed by atoms with Crippen molar-refractivity contribution in [2.75, 3.05) is 6.61 Å². The van der Waals surface area contributed by atoms with E-state index in [0.29, 0.717) is 4.90 Å². The highest BCUT2D eigenvalue weighted by Gasteiger charge is 2.52. The van der Waals surface area contributed by atoms with Crippen LogP contribution in [0.5, 0.6) is 0 Å². The zero-order chi connectivity index (χ0) is 16.0. The maximum absolute atomic E-state index is 12.4. The number of aliphatic hydroxyl groups is 4. The minimum atomic E-state index is -1.71. The lowest BCUT2D eigenvalue weighted by atomic mass is 9.96. The summed E-state index contributed by atoms with van der Waals surface area (Å²) in [6, 6.07) is 4.66. The third-order valence-corrected chi connectivity index (χ3v) is 3.99. The fraction of sp³-hybridized carbons (Fsp3) is 0.429. The fourth-order valence-electron chi connectivity index (χ4n) is 2.84. The molecule has 2 amide bonds. The average molecular weight is 309 g/mol. The van der Waals surface area contributed by atoms with E-state index >= 15 is 0 Å². The molecule has 3 rings (SSSR count). The normalized spacial score (nSPS) is 34.9. The van der Waals surface area contributed by atoms with E-state index < -0.39 is 49.1 Å². The minimum absolute atomic E-state index is 0.158. The van der Waals surface area contributed by atoms with Crippen LogP contribution >= 0.6 is 0 Å². The first-order valence-electron chi connectivity index (χ1n) is 6.74. The molecule has 0 unspecified atom stereocenters. The van der Waals surface area contributed by atoms with Gasteiger partial charge in [0.1, 0.15) is 24.4 Å². The SMILES string of the molecule is O=C1c2ccccc2C(=O)N1[C@@H]1[C@@H](O)[C@H](O)[C@@H](CO)O[C@@H]1O. The van der Waals surface area contributed by atoms with Crippen molar-refractivity contribution in [3.8, 4) is 0 Å². The van der Waals surface area contributed by atoms with Crippen LogP contribution in [0.15, 0.2) is 24.3 Å². The summed E-state index contributed by atoms with van der Waals surface area (Å²) in [4.78, 5) is 25.4. The molecule has 0 radical (unpaired) electrons. The van der Waals surface area contributed by atoms with Gasteiger partial charge in [-0.05, 0) is 12.1 Å². The van der Waals surface area contributed by atoms with Crippen molar-refractivity contribution in [2.45, 2.75) is 30.6 Å². The molecule has 8 nitrogen and oxygen atoms in total. The molecule has 2 heterocycles. The van der Waals surface area contributed by atoms with E-state index in [2.05, 4.69) is 0 Å². The van der Waals surface area contributed by atoms with E-state index in [0.717, 1.165) is 0 Å². The molecule has 0 bridgehead atoms. The number of carbonyl (C=O) groups excluding carboxylic acids is 2. The number of hydrogen-bond donors (Lipinski definition) is 4. The molecular formula is C14H15NO7. The second-order valence-electron chi connectivity index (χ2n) is 5.25. The molecule has 2 aliphatic heterocycles. The first-order chi connectivity index (χ1) is 10.5. The lowest BCUT2D eigenvalue weighted by molar-refractivity contribution is -0.263. The number of carbonyl (C=O) groups is 2. The van der Waals surface area contributed by atoms with E-state index in [1.54, 1.807) is 12.1 Å². The van der Waals surface area contributed by atoms with Crippen molar-refractivity contribution in [3.63, 3.8) is 0 Å². The van der Waals surface area contributed by atoms with E-state index in [9.17, 15) is 24.9 Å². The van der Waals surface area contributed by atoms with Crippen LogP contribution in [0, 0.1) is 0 Å². The third-order valence-electron chi connectivity index (χ3n) is 3.99. The van der Waals surface area contributed by atoms with Crippen LogP contribution in [-0.4, -0.2) is 74.4 Å². The van der Waals surface area contributed by atoms with Gasteiger partial charge in [-0.15, -0.1) is 0 Å². The van der Waals surface area contributed by atoms with Crippen molar-refractivity contribution in [2.24, 2.45) is 0 Å². The monoisotopic (exact) mass is 309 g/mol. The van der Waals surface area contributed by atoms with Crippen molar-refractivity contribution in [1.82, 2.24) is 4.90 Å². The van der Waals surface area contributed by atoms with Gasteiger partial charge in [0.15, 0.2) is 6.29 Å². The zero-order valence-electron chi connectivity index (χ0n) is 11.4. The third kappa shape index (κ3) is 2.04. The minimum Gasteiger partial charge on any atom is -0.394 e. The van der Waals surface area contributed by atoms with Gasteiger partial charge in [-0.3, -0.25) is 14.5 Å². The summed E-state index contributed by atoms with van der Waals surface area (Å²) in [6.07, 6.45) is -6.08. The molecule has 1 fully saturated rings. The van der Waals surface area contributed by atoms with E-state index in [-0.39, 0.29) is 11.1 Å². The Labute approximate surface area is 125 Å². The van der Waals surface area contributed by atoms with Crippen LogP contribution < -0.4 is 0 Å². The average Bonchev–Trinajstić information content (AvgIpc) is 2.77. The Morgan fingerprint density at radius 1 is 1.00 bits per heavy atom. The lowest BCUT2D eigenvalue weighted by Crippen LogP contribution is -2.65. The van der Waals surface area contributed by atoms with Gasteiger partial charge in [-0.1, -0.05) is 12.1 Å². The molecule has 0 saturated carbocycles. The van der Waals surface area contributed by atoms with Crippen LogP contribution in [0.2, 0.25) is 0 Å². The molecule has 0 spiro atoms. The number of ether oxygens (including phenoxy) is 1. The van der Waals surface area contributed by atoms with E-state index in [4.69, 9.17) is 9.84 Å². The maximum atomic E-state index is 12.4. The van der Waals surface area contributed by atoms with Crippen molar-refractivity contribution in [1.29, 1.82) is 0 Å². The number of benzene rings is 1. The molecule has 4 N–H and O–H groups in total. The molecule has 5 atom stereocenters. The molecule has 22 heavy (non-hydrogen) atoms. The van der Waals surface area contributed by atoms with Crippen LogP contribution in [0.4, 0.5) is 0 Å². The number of fused-ring (bicyclic) bond motifs is 1. The molecule has 8 heteroatoms. The molecule has 1 aromatic carbocycles. The summed E-state index contributed by atoms with van der Waals surface area (Å²) in [5, 5.41) is 39.0. The van der Waals surface area contributed by atoms with Gasteiger partial charge in [0.25, 0.3) is 11.8 Å². The number of nitrogens with zero attached hydrogens (tertiary/aromatic N) is 1. The van der Waals surface area contributed by atoms with Crippen LogP contribution in [0.25, 0.3) is 0 Å². The van der Waals surface area contributed by atoms with Crippen molar-refractivity contribution in [3.05, 3.63) is 35.4 Å². The first kappa shape index (κ1) is 15.1. The summed E-state index contributed by atoms with van der Waals surface area (Å²) < 4.78 is 4.99. The summed E-state index contributed by atoms with van der Waals surface area (Å²) in [6.45, 7) is -0.621. The van der Waals surface area contributed by atoms with E-state index in [1.807, 2.05) is 0 Å². The summed E-state index contributed by atoms with van der Waals surface area (Å²) in [5.74, 6) is -1.36. The molecular weight excluding hydrogens is 294 g/mol. The first-order valence-corrected chi connectivity index (χ1v) is 6.74. The van der Waals surface area contributed by atoms with Gasteiger partial charge in [0.05, 0.1) is 17.7 Å². The van der Waals surface area contributed by atoms with E-state index in [1.165, 1.54) is 12.1 Å². The number of amides is 2. The van der Waals surface area contributed by atoms with Crippen molar-refractivity contribution >= 4 is 11.8 Å². The van der Waals surface area contributed by atoms with Gasteiger partial charge < -0.3 is 25.2 Å². The topological polar surface area (TPSA) is 128 Å². The predicted molar refractivity (Wildman–Crippen MR) is 70.7 cm³/mol. The van der Waals surface area contributed by atoms with Crippen LogP contribution in [-0.2, 0) is 4.74 Å². The zero-order valence-corrected chi connectivity index (χ0v) is 11.4. The maximum Gasteiger partial charge on any atom is 0.262 e. The largest absolute Gasteiger partial charge is 0.394 e.